The molecule has 0 bridgehead atoms. The Morgan fingerprint density at radius 3 is 1.62 bits per heavy atom. The van der Waals surface area contributed by atoms with Crippen LogP contribution in [0.4, 0.5) is 0 Å². The number of carbonyl (C=O) groups excluding carboxylic acids is 4. The Labute approximate surface area is 226 Å². The molecule has 208 valence electrons. The van der Waals surface area contributed by atoms with Crippen LogP contribution in [0.1, 0.15) is 75.1 Å². The number of fused-ring (bicyclic) bond motifs is 2. The molecule has 3 heterocycles. The van der Waals surface area contributed by atoms with Gasteiger partial charge in [0.05, 0.1) is 23.3 Å². The van der Waals surface area contributed by atoms with E-state index in [0.717, 1.165) is 21.2 Å². The number of hydroxylamine groups is 4. The van der Waals surface area contributed by atoms with Crippen LogP contribution in [0.15, 0.2) is 48.5 Å². The van der Waals surface area contributed by atoms with E-state index in [0.29, 0.717) is 11.1 Å². The van der Waals surface area contributed by atoms with Crippen LogP contribution in [0.5, 0.6) is 0 Å². The van der Waals surface area contributed by atoms with E-state index in [1.165, 1.54) is 4.85 Å². The molecule has 4 amide bonds. The van der Waals surface area contributed by atoms with Crippen LogP contribution < -0.4 is 4.84 Å². The van der Waals surface area contributed by atoms with Crippen molar-refractivity contribution >= 4 is 34.7 Å². The van der Waals surface area contributed by atoms with Crippen molar-refractivity contribution in [3.05, 3.63) is 59.7 Å². The van der Waals surface area contributed by atoms with Gasteiger partial charge in [-0.3, -0.25) is 28.9 Å². The summed E-state index contributed by atoms with van der Waals surface area (Å²) >= 11 is 0. The van der Waals surface area contributed by atoms with Crippen molar-refractivity contribution in [2.24, 2.45) is 0 Å². The second kappa shape index (κ2) is 13.1. The first kappa shape index (κ1) is 29.4. The van der Waals surface area contributed by atoms with Gasteiger partial charge in [0.2, 0.25) is 0 Å². The predicted molar refractivity (Wildman–Crippen MR) is 140 cm³/mol. The van der Waals surface area contributed by atoms with Gasteiger partial charge in [-0.1, -0.05) is 29.1 Å². The Morgan fingerprint density at radius 2 is 1.10 bits per heavy atom. The van der Waals surface area contributed by atoms with E-state index < -0.39 is 0 Å². The van der Waals surface area contributed by atoms with Crippen LogP contribution in [0.2, 0.25) is 0 Å². The van der Waals surface area contributed by atoms with Crippen molar-refractivity contribution in [3.63, 3.8) is 0 Å². The third kappa shape index (κ3) is 7.45. The lowest BCUT2D eigenvalue weighted by Gasteiger charge is -2.15. The Kier molecular flexibility index (Phi) is 9.85. The summed E-state index contributed by atoms with van der Waals surface area (Å²) < 4.78 is 0. The third-order valence-corrected chi connectivity index (χ3v) is 5.03. The summed E-state index contributed by atoms with van der Waals surface area (Å²) in [7, 11) is 0. The van der Waals surface area contributed by atoms with Gasteiger partial charge in [0.1, 0.15) is 17.1 Å². The standard InChI is InChI=1S/C11H11NO3.C9H11N3O.C7H11NO3/c1-7(2)15-12-10(13)8-5-3-4-6-9(8)11(12)14;1-7(2)13-12-9-6-4-3-5-8(9)10-11-12;1-5(2)11-8-6(9)3-4-7(8)10/h3-7H,1-2H3;3-7H,1-2H3;5H,3-4H2,1-2H3. The lowest BCUT2D eigenvalue weighted by atomic mass is 10.1. The molecule has 1 saturated heterocycles. The minimum absolute atomic E-state index is 0.102. The quantitative estimate of drug-likeness (QED) is 0.432. The number of rotatable bonds is 6. The summed E-state index contributed by atoms with van der Waals surface area (Å²) in [5.74, 6) is -1.24. The van der Waals surface area contributed by atoms with Crippen LogP contribution in [-0.2, 0) is 19.3 Å². The Hall–Kier alpha value is -4.16. The van der Waals surface area contributed by atoms with Gasteiger partial charge in [0.15, 0.2) is 0 Å². The van der Waals surface area contributed by atoms with E-state index >= 15 is 0 Å². The van der Waals surface area contributed by atoms with Crippen LogP contribution in [0.25, 0.3) is 11.0 Å². The second-order valence-corrected chi connectivity index (χ2v) is 9.45. The zero-order valence-corrected chi connectivity index (χ0v) is 22.9. The van der Waals surface area contributed by atoms with E-state index in [1.807, 2.05) is 38.1 Å². The molecule has 1 fully saturated rings. The van der Waals surface area contributed by atoms with E-state index in [2.05, 4.69) is 10.3 Å². The molecule has 0 unspecified atom stereocenters. The molecule has 0 radical (unpaired) electrons. The van der Waals surface area contributed by atoms with E-state index in [9.17, 15) is 19.2 Å². The molecule has 12 heteroatoms. The summed E-state index contributed by atoms with van der Waals surface area (Å²) in [6.07, 6.45) is 0.343. The van der Waals surface area contributed by atoms with Gasteiger partial charge in [-0.05, 0) is 71.0 Å². The molecule has 2 aromatic carbocycles. The maximum Gasteiger partial charge on any atom is 0.285 e. The van der Waals surface area contributed by atoms with Crippen molar-refractivity contribution in [3.8, 4) is 0 Å². The molecule has 39 heavy (non-hydrogen) atoms. The molecule has 0 N–H and O–H groups in total. The first-order valence-corrected chi connectivity index (χ1v) is 12.6. The Balaban J connectivity index is 0.000000164. The minimum atomic E-state index is -0.385. The lowest BCUT2D eigenvalue weighted by Crippen LogP contribution is -2.32. The Morgan fingerprint density at radius 1 is 0.641 bits per heavy atom. The van der Waals surface area contributed by atoms with Gasteiger partial charge in [0.25, 0.3) is 23.6 Å². The number of nitrogens with zero attached hydrogens (tertiary/aromatic N) is 5. The number of amides is 4. The van der Waals surface area contributed by atoms with E-state index in [-0.39, 0.29) is 54.8 Å². The van der Waals surface area contributed by atoms with Crippen molar-refractivity contribution in [2.45, 2.75) is 72.7 Å². The van der Waals surface area contributed by atoms with Crippen molar-refractivity contribution in [2.75, 3.05) is 0 Å². The molecule has 0 spiro atoms. The number of benzene rings is 2. The minimum Gasteiger partial charge on any atom is -0.392 e. The van der Waals surface area contributed by atoms with Crippen molar-refractivity contribution < 1.29 is 33.7 Å². The smallest absolute Gasteiger partial charge is 0.285 e. The average molecular weight is 540 g/mol. The first-order chi connectivity index (χ1) is 18.5. The highest BCUT2D eigenvalue weighted by molar-refractivity contribution is 6.20. The van der Waals surface area contributed by atoms with Gasteiger partial charge in [-0.15, -0.1) is 10.2 Å². The normalized spacial score (nSPS) is 14.7. The zero-order valence-electron chi connectivity index (χ0n) is 22.9. The molecular weight excluding hydrogens is 506 g/mol. The number of hydrogen-bond donors (Lipinski definition) is 0. The summed E-state index contributed by atoms with van der Waals surface area (Å²) in [6, 6.07) is 14.4. The molecule has 2 aliphatic rings. The highest BCUT2D eigenvalue weighted by atomic mass is 16.7. The summed E-state index contributed by atoms with van der Waals surface area (Å²) in [4.78, 5) is 62.2. The van der Waals surface area contributed by atoms with Crippen LogP contribution in [-0.4, -0.2) is 67.2 Å². The van der Waals surface area contributed by atoms with Crippen LogP contribution in [0.3, 0.4) is 0 Å². The second-order valence-electron chi connectivity index (χ2n) is 9.45. The summed E-state index contributed by atoms with van der Waals surface area (Å²) in [5, 5.41) is 9.53. The topological polar surface area (TPSA) is 133 Å². The number of carbonyl (C=O) groups is 4. The molecule has 1 aromatic heterocycles. The Bertz CT molecular complexity index is 1280. The third-order valence-electron chi connectivity index (χ3n) is 5.03. The zero-order chi connectivity index (χ0) is 28.7. The van der Waals surface area contributed by atoms with Crippen LogP contribution >= 0.6 is 0 Å². The molecular formula is C27H33N5O7. The van der Waals surface area contributed by atoms with Gasteiger partial charge in [-0.25, -0.2) is 0 Å². The number of hydrogen-bond acceptors (Lipinski definition) is 9. The molecule has 5 rings (SSSR count). The molecule has 2 aliphatic heterocycles. The molecule has 12 nitrogen and oxygen atoms in total. The van der Waals surface area contributed by atoms with E-state index in [4.69, 9.17) is 14.5 Å². The highest BCUT2D eigenvalue weighted by Crippen LogP contribution is 2.23. The van der Waals surface area contributed by atoms with Crippen molar-refractivity contribution in [1.82, 2.24) is 25.3 Å². The highest BCUT2D eigenvalue weighted by Gasteiger charge is 2.37. The number of aromatic nitrogens is 3. The van der Waals surface area contributed by atoms with Gasteiger partial charge in [-0.2, -0.15) is 5.06 Å². The monoisotopic (exact) mass is 539 g/mol. The molecule has 0 atom stereocenters. The largest absolute Gasteiger partial charge is 0.392 e. The van der Waals surface area contributed by atoms with E-state index in [1.54, 1.807) is 52.0 Å². The maximum atomic E-state index is 11.7. The van der Waals surface area contributed by atoms with Crippen LogP contribution in [0, 0.1) is 0 Å². The molecule has 0 saturated carbocycles. The molecule has 0 aliphatic carbocycles. The average Bonchev–Trinajstić information content (AvgIpc) is 3.51. The molecule has 3 aromatic rings. The number of para-hydroxylation sites is 1. The fourth-order valence-corrected chi connectivity index (χ4v) is 3.48. The fraction of sp³-hybridized carbons (Fsp3) is 0.407. The first-order valence-electron chi connectivity index (χ1n) is 12.6. The summed E-state index contributed by atoms with van der Waals surface area (Å²) in [5.41, 5.74) is 2.56. The number of imide groups is 2. The van der Waals surface area contributed by atoms with Gasteiger partial charge < -0.3 is 4.84 Å². The van der Waals surface area contributed by atoms with Gasteiger partial charge in [0, 0.05) is 12.8 Å². The van der Waals surface area contributed by atoms with Crippen molar-refractivity contribution in [1.29, 1.82) is 0 Å². The van der Waals surface area contributed by atoms with Gasteiger partial charge >= 0.3 is 0 Å². The predicted octanol–water partition coefficient (Wildman–Crippen LogP) is 3.37. The summed E-state index contributed by atoms with van der Waals surface area (Å²) in [6.45, 7) is 11.0. The SMILES string of the molecule is CC(C)ON1C(=O)CCC1=O.CC(C)ON1C(=O)c2ccccc2C1=O.CC(C)On1nnc2ccccc21. The lowest BCUT2D eigenvalue weighted by molar-refractivity contribution is -0.198. The maximum absolute atomic E-state index is 11.7. The fourth-order valence-electron chi connectivity index (χ4n) is 3.48.